The zero-order valence-corrected chi connectivity index (χ0v) is 14.8. The van der Waals surface area contributed by atoms with E-state index in [4.69, 9.17) is 11.6 Å². The molecule has 2 rings (SSSR count). The summed E-state index contributed by atoms with van der Waals surface area (Å²) < 4.78 is 40.4. The molecule has 138 valence electrons. The van der Waals surface area contributed by atoms with Crippen LogP contribution in [-0.4, -0.2) is 18.4 Å². The van der Waals surface area contributed by atoms with Gasteiger partial charge in [0.1, 0.15) is 0 Å². The van der Waals surface area contributed by atoms with Crippen LogP contribution in [0.2, 0.25) is 5.02 Å². The van der Waals surface area contributed by atoms with Gasteiger partial charge in [0.15, 0.2) is 17.5 Å². The lowest BCUT2D eigenvalue weighted by Crippen LogP contribution is -2.33. The summed E-state index contributed by atoms with van der Waals surface area (Å²) in [7, 11) is 0. The molecule has 8 heteroatoms. The van der Waals surface area contributed by atoms with Crippen LogP contribution in [0.3, 0.4) is 0 Å². The summed E-state index contributed by atoms with van der Waals surface area (Å²) in [5.41, 5.74) is 0.761. The molecular formula is C18H16ClF3N2O2. The molecule has 0 bridgehead atoms. The smallest absolute Gasteiger partial charge is 0.226 e. The lowest BCUT2D eigenvalue weighted by Gasteiger charge is -2.22. The maximum Gasteiger partial charge on any atom is 0.226 e. The molecule has 2 aromatic carbocycles. The van der Waals surface area contributed by atoms with Gasteiger partial charge in [-0.15, -0.1) is 0 Å². The molecule has 0 saturated carbocycles. The molecule has 0 radical (unpaired) electrons. The number of amides is 2. The fourth-order valence-electron chi connectivity index (χ4n) is 2.34. The quantitative estimate of drug-likeness (QED) is 0.774. The second-order valence-electron chi connectivity index (χ2n) is 5.58. The summed E-state index contributed by atoms with van der Waals surface area (Å²) in [6.45, 7) is 2.67. The molecule has 0 fully saturated rings. The van der Waals surface area contributed by atoms with Crippen molar-refractivity contribution in [3.63, 3.8) is 0 Å². The molecule has 0 aliphatic carbocycles. The van der Waals surface area contributed by atoms with Crippen LogP contribution in [0.1, 0.15) is 18.9 Å². The van der Waals surface area contributed by atoms with Crippen LogP contribution >= 0.6 is 11.6 Å². The molecular weight excluding hydrogens is 369 g/mol. The molecule has 0 aliphatic rings. The number of anilines is 2. The average Bonchev–Trinajstić information content (AvgIpc) is 2.58. The van der Waals surface area contributed by atoms with Crippen LogP contribution in [0.25, 0.3) is 0 Å². The summed E-state index contributed by atoms with van der Waals surface area (Å²) in [5, 5.41) is 3.13. The van der Waals surface area contributed by atoms with E-state index in [1.54, 1.807) is 25.1 Å². The Morgan fingerprint density at radius 2 is 1.81 bits per heavy atom. The molecule has 0 saturated heterocycles. The molecule has 2 aromatic rings. The molecule has 0 aliphatic heterocycles. The van der Waals surface area contributed by atoms with Crippen molar-refractivity contribution < 1.29 is 22.8 Å². The monoisotopic (exact) mass is 384 g/mol. The first-order chi connectivity index (χ1) is 12.2. The maximum absolute atomic E-state index is 13.9. The standard InChI is InChI=1S/C18H16ClF3N2O2/c1-10-12(19)4-3-5-14(10)23-16(26)8-9-24(11(2)25)15-7-6-13(20)17(21)18(15)22/h3-7H,8-9H2,1-2H3,(H,23,26). The molecule has 2 amide bonds. The van der Waals surface area contributed by atoms with E-state index in [9.17, 15) is 22.8 Å². The van der Waals surface area contributed by atoms with Gasteiger partial charge in [0.2, 0.25) is 11.8 Å². The number of halogens is 4. The van der Waals surface area contributed by atoms with Crippen LogP contribution in [0.5, 0.6) is 0 Å². The Balaban J connectivity index is 2.12. The van der Waals surface area contributed by atoms with Crippen LogP contribution in [-0.2, 0) is 9.59 Å². The largest absolute Gasteiger partial charge is 0.326 e. The fourth-order valence-corrected chi connectivity index (χ4v) is 2.52. The normalized spacial score (nSPS) is 10.5. The summed E-state index contributed by atoms with van der Waals surface area (Å²) in [4.78, 5) is 24.8. The first-order valence-corrected chi connectivity index (χ1v) is 8.06. The van der Waals surface area contributed by atoms with Crippen LogP contribution in [0.4, 0.5) is 24.5 Å². The summed E-state index contributed by atoms with van der Waals surface area (Å²) >= 11 is 5.98. The number of carbonyl (C=O) groups is 2. The van der Waals surface area contributed by atoms with Gasteiger partial charge in [-0.3, -0.25) is 9.59 Å². The molecule has 0 unspecified atom stereocenters. The van der Waals surface area contributed by atoms with Gasteiger partial charge in [-0.25, -0.2) is 13.2 Å². The summed E-state index contributed by atoms with van der Waals surface area (Å²) in [5.74, 6) is -5.56. The van der Waals surface area contributed by atoms with Gasteiger partial charge in [-0.05, 0) is 36.8 Å². The predicted octanol–water partition coefficient (Wildman–Crippen LogP) is 4.45. The topological polar surface area (TPSA) is 49.4 Å². The Kier molecular flexibility index (Phi) is 6.26. The average molecular weight is 385 g/mol. The zero-order valence-electron chi connectivity index (χ0n) is 14.1. The minimum atomic E-state index is -1.67. The minimum Gasteiger partial charge on any atom is -0.326 e. The van der Waals surface area contributed by atoms with Crippen molar-refractivity contribution in [1.82, 2.24) is 0 Å². The Bertz CT molecular complexity index is 859. The maximum atomic E-state index is 13.9. The highest BCUT2D eigenvalue weighted by Crippen LogP contribution is 2.25. The van der Waals surface area contributed by atoms with E-state index < -0.39 is 35.0 Å². The van der Waals surface area contributed by atoms with E-state index in [-0.39, 0.29) is 13.0 Å². The van der Waals surface area contributed by atoms with Gasteiger partial charge in [0.05, 0.1) is 5.69 Å². The number of nitrogens with one attached hydrogen (secondary N) is 1. The highest BCUT2D eigenvalue weighted by molar-refractivity contribution is 6.31. The third-order valence-corrected chi connectivity index (χ3v) is 4.20. The zero-order chi connectivity index (χ0) is 19.4. The minimum absolute atomic E-state index is 0.177. The SMILES string of the molecule is CC(=O)N(CCC(=O)Nc1cccc(Cl)c1C)c1ccc(F)c(F)c1F. The van der Waals surface area contributed by atoms with Crippen molar-refractivity contribution in [1.29, 1.82) is 0 Å². The van der Waals surface area contributed by atoms with Crippen molar-refractivity contribution in [2.24, 2.45) is 0 Å². The number of hydrogen-bond acceptors (Lipinski definition) is 2. The Labute approximate surface area is 153 Å². The third-order valence-electron chi connectivity index (χ3n) is 3.79. The predicted molar refractivity (Wildman–Crippen MR) is 93.8 cm³/mol. The number of rotatable bonds is 5. The molecule has 0 atom stereocenters. The van der Waals surface area contributed by atoms with E-state index >= 15 is 0 Å². The van der Waals surface area contributed by atoms with Crippen molar-refractivity contribution in [2.75, 3.05) is 16.8 Å². The summed E-state index contributed by atoms with van der Waals surface area (Å²) in [6, 6.07) is 6.68. The van der Waals surface area contributed by atoms with Crippen molar-refractivity contribution in [3.05, 3.63) is 58.4 Å². The third kappa shape index (κ3) is 4.35. The molecule has 0 spiro atoms. The second-order valence-corrected chi connectivity index (χ2v) is 5.98. The second kappa shape index (κ2) is 8.23. The van der Waals surface area contributed by atoms with Crippen LogP contribution in [0, 0.1) is 24.4 Å². The Hall–Kier alpha value is -2.54. The Morgan fingerprint density at radius 3 is 2.46 bits per heavy atom. The van der Waals surface area contributed by atoms with E-state index in [0.29, 0.717) is 16.3 Å². The van der Waals surface area contributed by atoms with Crippen LogP contribution in [0.15, 0.2) is 30.3 Å². The summed E-state index contributed by atoms with van der Waals surface area (Å²) in [6.07, 6.45) is -0.177. The lowest BCUT2D eigenvalue weighted by atomic mass is 10.2. The molecule has 0 aromatic heterocycles. The molecule has 26 heavy (non-hydrogen) atoms. The number of hydrogen-bond donors (Lipinski definition) is 1. The van der Waals surface area contributed by atoms with Gasteiger partial charge >= 0.3 is 0 Å². The lowest BCUT2D eigenvalue weighted by molar-refractivity contribution is -0.117. The molecule has 1 N–H and O–H groups in total. The van der Waals surface area contributed by atoms with Crippen molar-refractivity contribution in [3.8, 4) is 0 Å². The molecule has 0 heterocycles. The van der Waals surface area contributed by atoms with Gasteiger partial charge in [0, 0.05) is 30.6 Å². The van der Waals surface area contributed by atoms with E-state index in [1.807, 2.05) is 0 Å². The number of carbonyl (C=O) groups excluding carboxylic acids is 2. The van der Waals surface area contributed by atoms with Gasteiger partial charge in [-0.1, -0.05) is 17.7 Å². The van der Waals surface area contributed by atoms with Crippen molar-refractivity contribution in [2.45, 2.75) is 20.3 Å². The van der Waals surface area contributed by atoms with E-state index in [2.05, 4.69) is 5.32 Å². The number of benzene rings is 2. The first-order valence-electron chi connectivity index (χ1n) is 7.69. The first kappa shape index (κ1) is 19.8. The van der Waals surface area contributed by atoms with E-state index in [1.165, 1.54) is 0 Å². The van der Waals surface area contributed by atoms with Gasteiger partial charge in [-0.2, -0.15) is 0 Å². The van der Waals surface area contributed by atoms with E-state index in [0.717, 1.165) is 24.0 Å². The number of nitrogens with zero attached hydrogens (tertiary/aromatic N) is 1. The van der Waals surface area contributed by atoms with Gasteiger partial charge in [0.25, 0.3) is 0 Å². The highest BCUT2D eigenvalue weighted by atomic mass is 35.5. The fraction of sp³-hybridized carbons (Fsp3) is 0.222. The molecule has 4 nitrogen and oxygen atoms in total. The van der Waals surface area contributed by atoms with Crippen molar-refractivity contribution >= 4 is 34.8 Å². The highest BCUT2D eigenvalue weighted by Gasteiger charge is 2.21. The van der Waals surface area contributed by atoms with Crippen LogP contribution < -0.4 is 10.2 Å². The Morgan fingerprint density at radius 1 is 1.12 bits per heavy atom. The van der Waals surface area contributed by atoms with Gasteiger partial charge < -0.3 is 10.2 Å².